The second-order valence-electron chi connectivity index (χ2n) is 6.34. The average molecular weight is 428 g/mol. The minimum atomic E-state index is -4.45. The third-order valence-corrected chi connectivity index (χ3v) is 5.11. The van der Waals surface area contributed by atoms with Gasteiger partial charge in [-0.25, -0.2) is 22.3 Å². The molecule has 0 bridgehead atoms. The minimum absolute atomic E-state index is 0.0775. The molecule has 0 aliphatic heterocycles. The maximum atomic E-state index is 14.1. The van der Waals surface area contributed by atoms with Gasteiger partial charge in [0, 0.05) is 5.56 Å². The summed E-state index contributed by atoms with van der Waals surface area (Å²) < 4.78 is 51.1. The third-order valence-electron chi connectivity index (χ3n) is 3.70. The summed E-state index contributed by atoms with van der Waals surface area (Å²) in [5.74, 6) is -0.116. The van der Waals surface area contributed by atoms with E-state index < -0.39 is 32.7 Å². The number of aromatic nitrogens is 2. The molecule has 10 nitrogen and oxygen atoms in total. The number of carbonyl (C=O) groups excluding carboxylic acids is 1. The Kier molecular flexibility index (Phi) is 6.59. The van der Waals surface area contributed by atoms with Gasteiger partial charge in [-0.05, 0) is 19.9 Å². The van der Waals surface area contributed by atoms with Crippen LogP contribution in [0.2, 0.25) is 0 Å². The molecule has 2 aromatic rings. The Labute approximate surface area is 167 Å². The molecule has 2 amide bonds. The zero-order valence-corrected chi connectivity index (χ0v) is 16.9. The van der Waals surface area contributed by atoms with Gasteiger partial charge < -0.3 is 14.6 Å². The molecule has 3 N–H and O–H groups in total. The van der Waals surface area contributed by atoms with Crippen LogP contribution in [0, 0.1) is 0 Å². The fourth-order valence-corrected chi connectivity index (χ4v) is 3.45. The van der Waals surface area contributed by atoms with E-state index in [0.29, 0.717) is 0 Å². The number of aliphatic hydroxyl groups excluding tert-OH is 1. The van der Waals surface area contributed by atoms with Crippen molar-refractivity contribution in [3.05, 3.63) is 35.9 Å². The molecular weight excluding hydrogens is 407 g/mol. The molecule has 29 heavy (non-hydrogen) atoms. The lowest BCUT2D eigenvalue weighted by molar-refractivity contribution is 0.0143. The Balaban J connectivity index is 2.28. The van der Waals surface area contributed by atoms with Gasteiger partial charge in [-0.15, -0.1) is 0 Å². The third kappa shape index (κ3) is 5.51. The molecule has 0 spiro atoms. The molecule has 158 valence electrons. The quantitative estimate of drug-likeness (QED) is 0.606. The van der Waals surface area contributed by atoms with Gasteiger partial charge in [-0.3, -0.25) is 5.32 Å². The van der Waals surface area contributed by atoms with Crippen LogP contribution in [0.15, 0.2) is 35.2 Å². The summed E-state index contributed by atoms with van der Waals surface area (Å²) in [6.45, 7) is 2.21. The number of methoxy groups -OCH3 is 2. The van der Waals surface area contributed by atoms with Crippen molar-refractivity contribution >= 4 is 22.0 Å². The lowest BCUT2D eigenvalue weighted by atomic mass is 9.96. The Hall–Kier alpha value is -2.99. The van der Waals surface area contributed by atoms with E-state index >= 15 is 0 Å². The van der Waals surface area contributed by atoms with E-state index in [2.05, 4.69) is 15.3 Å². The molecule has 1 atom stereocenters. The Morgan fingerprint density at radius 1 is 1.17 bits per heavy atom. The average Bonchev–Trinajstić information content (AvgIpc) is 2.65. The van der Waals surface area contributed by atoms with Crippen LogP contribution in [0.25, 0.3) is 0 Å². The summed E-state index contributed by atoms with van der Waals surface area (Å²) in [6.07, 6.45) is -1.73. The normalized spacial score (nSPS) is 12.8. The standard InChI is InChI=1S/C17H21FN4O6S/c1-17(2,18)14(23)10-7-5-6-8-11(10)29(25,26)22-16(24)21-15-19-12(27-3)9-13(20-15)28-4/h5-9,14,23H,1-4H3,(H2,19,20,21,22,24). The van der Waals surface area contributed by atoms with Crippen molar-refractivity contribution in [1.29, 1.82) is 0 Å². The predicted octanol–water partition coefficient (Wildman–Crippen LogP) is 1.79. The highest BCUT2D eigenvalue weighted by molar-refractivity contribution is 7.90. The largest absolute Gasteiger partial charge is 0.481 e. The number of sulfonamides is 1. The first kappa shape index (κ1) is 22.3. The van der Waals surface area contributed by atoms with Gasteiger partial charge in [0.25, 0.3) is 10.0 Å². The SMILES string of the molecule is COc1cc(OC)nc(NC(=O)NS(=O)(=O)c2ccccc2C(O)C(C)(C)F)n1. The Bertz CT molecular complexity index is 971. The van der Waals surface area contributed by atoms with Crippen LogP contribution in [-0.2, 0) is 10.0 Å². The van der Waals surface area contributed by atoms with Crippen molar-refractivity contribution in [1.82, 2.24) is 14.7 Å². The van der Waals surface area contributed by atoms with Crippen molar-refractivity contribution in [2.45, 2.75) is 30.5 Å². The number of alkyl halides is 1. The number of amides is 2. The maximum Gasteiger partial charge on any atom is 0.335 e. The van der Waals surface area contributed by atoms with Crippen LogP contribution in [0.3, 0.4) is 0 Å². The highest BCUT2D eigenvalue weighted by Crippen LogP contribution is 2.32. The van der Waals surface area contributed by atoms with Crippen molar-refractivity contribution in [3.63, 3.8) is 0 Å². The van der Waals surface area contributed by atoms with Gasteiger partial charge >= 0.3 is 6.03 Å². The highest BCUT2D eigenvalue weighted by Gasteiger charge is 2.33. The molecule has 12 heteroatoms. The van der Waals surface area contributed by atoms with E-state index in [1.54, 1.807) is 4.72 Å². The molecule has 2 rings (SSSR count). The number of ether oxygens (including phenoxy) is 2. The second kappa shape index (κ2) is 8.57. The van der Waals surface area contributed by atoms with E-state index in [-0.39, 0.29) is 23.3 Å². The number of nitrogens with zero attached hydrogens (tertiary/aromatic N) is 2. The minimum Gasteiger partial charge on any atom is -0.481 e. The number of urea groups is 1. The Morgan fingerprint density at radius 3 is 2.24 bits per heavy atom. The number of carbonyl (C=O) groups is 1. The monoisotopic (exact) mass is 428 g/mol. The number of aliphatic hydroxyl groups is 1. The fraction of sp³-hybridized carbons (Fsp3) is 0.353. The van der Waals surface area contributed by atoms with Crippen LogP contribution >= 0.6 is 0 Å². The van der Waals surface area contributed by atoms with Gasteiger partial charge in [0.1, 0.15) is 11.8 Å². The lowest BCUT2D eigenvalue weighted by Gasteiger charge is -2.24. The summed E-state index contributed by atoms with van der Waals surface area (Å²) in [5.41, 5.74) is -2.31. The molecule has 0 saturated heterocycles. The molecule has 0 radical (unpaired) electrons. The fourth-order valence-electron chi connectivity index (χ4n) is 2.29. The zero-order valence-electron chi connectivity index (χ0n) is 16.1. The summed E-state index contributed by atoms with van der Waals surface area (Å²) in [5, 5.41) is 12.3. The number of hydrogen-bond acceptors (Lipinski definition) is 8. The van der Waals surface area contributed by atoms with Crippen molar-refractivity contribution in [2.75, 3.05) is 19.5 Å². The lowest BCUT2D eigenvalue weighted by Crippen LogP contribution is -2.36. The van der Waals surface area contributed by atoms with Crippen molar-refractivity contribution in [2.24, 2.45) is 0 Å². The highest BCUT2D eigenvalue weighted by atomic mass is 32.2. The van der Waals surface area contributed by atoms with E-state index in [1.165, 1.54) is 38.5 Å². The molecule has 1 aromatic heterocycles. The summed E-state index contributed by atoms with van der Waals surface area (Å²) in [7, 11) is -1.78. The predicted molar refractivity (Wildman–Crippen MR) is 101 cm³/mol. The van der Waals surface area contributed by atoms with E-state index in [4.69, 9.17) is 9.47 Å². The molecule has 0 fully saturated rings. The molecule has 0 aliphatic carbocycles. The number of benzene rings is 1. The smallest absolute Gasteiger partial charge is 0.335 e. The van der Waals surface area contributed by atoms with Gasteiger partial charge in [-0.1, -0.05) is 18.2 Å². The number of nitrogens with one attached hydrogen (secondary N) is 2. The second-order valence-corrected chi connectivity index (χ2v) is 7.99. The summed E-state index contributed by atoms with van der Waals surface area (Å²) in [4.78, 5) is 19.4. The summed E-state index contributed by atoms with van der Waals surface area (Å²) >= 11 is 0. The Morgan fingerprint density at radius 2 is 1.72 bits per heavy atom. The van der Waals surface area contributed by atoms with Gasteiger partial charge in [0.2, 0.25) is 17.7 Å². The van der Waals surface area contributed by atoms with E-state index in [0.717, 1.165) is 19.9 Å². The first-order valence-electron chi connectivity index (χ1n) is 8.24. The van der Waals surface area contributed by atoms with Crippen LogP contribution in [0.5, 0.6) is 11.8 Å². The van der Waals surface area contributed by atoms with Crippen LogP contribution in [0.1, 0.15) is 25.5 Å². The maximum absolute atomic E-state index is 14.1. The van der Waals surface area contributed by atoms with Crippen LogP contribution < -0.4 is 19.5 Å². The molecule has 1 unspecified atom stereocenters. The van der Waals surface area contributed by atoms with E-state index in [9.17, 15) is 22.7 Å². The number of anilines is 1. The van der Waals surface area contributed by atoms with Gasteiger partial charge in [-0.2, -0.15) is 9.97 Å². The molecular formula is C17H21FN4O6S. The topological polar surface area (TPSA) is 140 Å². The molecule has 0 saturated carbocycles. The van der Waals surface area contributed by atoms with Gasteiger partial charge in [0.05, 0.1) is 25.2 Å². The number of hydrogen-bond donors (Lipinski definition) is 3. The first-order valence-corrected chi connectivity index (χ1v) is 9.73. The molecule has 1 heterocycles. The van der Waals surface area contributed by atoms with E-state index in [1.807, 2.05) is 0 Å². The molecule has 0 aliphatic rings. The zero-order chi connectivity index (χ0) is 21.8. The molecule has 1 aromatic carbocycles. The van der Waals surface area contributed by atoms with Crippen LogP contribution in [0.4, 0.5) is 15.1 Å². The van der Waals surface area contributed by atoms with Crippen molar-refractivity contribution < 1.29 is 32.2 Å². The van der Waals surface area contributed by atoms with Crippen LogP contribution in [-0.4, -0.2) is 49.4 Å². The first-order chi connectivity index (χ1) is 13.5. The number of halogens is 1. The van der Waals surface area contributed by atoms with Crippen molar-refractivity contribution in [3.8, 4) is 11.8 Å². The number of rotatable bonds is 7. The van der Waals surface area contributed by atoms with Gasteiger partial charge in [0.15, 0.2) is 0 Å². The summed E-state index contributed by atoms with van der Waals surface area (Å²) in [6, 6.07) is 5.41.